The number of hydrogen-bond acceptors (Lipinski definition) is 4. The van der Waals surface area contributed by atoms with Crippen LogP contribution in [-0.4, -0.2) is 18.7 Å². The highest BCUT2D eigenvalue weighted by atomic mass is 127. The average Bonchev–Trinajstić information content (AvgIpc) is 3.19. The molecule has 1 spiro atoms. The summed E-state index contributed by atoms with van der Waals surface area (Å²) in [5.41, 5.74) is 4.15. The molecule has 0 saturated heterocycles. The minimum atomic E-state index is -4.18. The Morgan fingerprint density at radius 1 is 1.16 bits per heavy atom. The molecule has 0 fully saturated rings. The number of benzene rings is 2. The Balaban J connectivity index is 0.000000898. The molecule has 1 heterocycles. The molecule has 1 atom stereocenters. The van der Waals surface area contributed by atoms with Crippen LogP contribution in [0.5, 0.6) is 5.75 Å². The average molecular weight is 740 g/mol. The highest BCUT2D eigenvalue weighted by molar-refractivity contribution is 14.2. The quantitative estimate of drug-likeness (QED) is 0.249. The lowest BCUT2D eigenvalue weighted by Crippen LogP contribution is -2.48. The molecule has 1 amide bonds. The molecule has 10 heteroatoms. The number of hydrogen-bond donors (Lipinski definition) is 1. The standard InChI is InChI=1S/C25H23F3N2O2.C2H6.I2O/c1-16-4-2-5-17(12-16)20-14-24(30-23(31)21(20)15-29)10-8-18-13-19(6-7-22(18)24)32-11-3-9-25(26,27)28;1-2;1-3-2/h2,4-7,12-13H,3,8-11,14H2,1H3,(H,30,31);1-2H3;. The molecule has 2 aliphatic rings. The van der Waals surface area contributed by atoms with Crippen molar-refractivity contribution in [3.05, 3.63) is 70.3 Å². The van der Waals surface area contributed by atoms with Gasteiger partial charge in [0.25, 0.3) is 5.91 Å². The minimum Gasteiger partial charge on any atom is -0.494 e. The molecule has 2 aromatic rings. The number of amides is 1. The van der Waals surface area contributed by atoms with Gasteiger partial charge in [-0.3, -0.25) is 4.79 Å². The van der Waals surface area contributed by atoms with E-state index in [0.717, 1.165) is 27.8 Å². The first kappa shape index (κ1) is 31.4. The van der Waals surface area contributed by atoms with Gasteiger partial charge in [-0.25, -0.2) is 1.40 Å². The summed E-state index contributed by atoms with van der Waals surface area (Å²) in [6.45, 7) is 5.96. The van der Waals surface area contributed by atoms with Gasteiger partial charge in [-0.15, -0.1) is 0 Å². The Kier molecular flexibility index (Phi) is 12.2. The van der Waals surface area contributed by atoms with E-state index in [1.165, 1.54) is 0 Å². The molecule has 0 radical (unpaired) electrons. The molecule has 5 nitrogen and oxygen atoms in total. The van der Waals surface area contributed by atoms with Gasteiger partial charge < -0.3 is 10.1 Å². The predicted octanol–water partition coefficient (Wildman–Crippen LogP) is 8.08. The van der Waals surface area contributed by atoms with Crippen LogP contribution in [0.1, 0.15) is 61.8 Å². The Morgan fingerprint density at radius 3 is 2.49 bits per heavy atom. The van der Waals surface area contributed by atoms with Crippen LogP contribution in [0.15, 0.2) is 48.0 Å². The zero-order chi connectivity index (χ0) is 27.6. The van der Waals surface area contributed by atoms with Gasteiger partial charge >= 0.3 is 6.18 Å². The van der Waals surface area contributed by atoms with Crippen LogP contribution in [0.3, 0.4) is 0 Å². The highest BCUT2D eigenvalue weighted by Crippen LogP contribution is 2.47. The second-order valence-electron chi connectivity index (χ2n) is 8.49. The predicted molar refractivity (Wildman–Crippen MR) is 154 cm³/mol. The normalized spacial score (nSPS) is 18.1. The highest BCUT2D eigenvalue weighted by Gasteiger charge is 2.45. The molecule has 1 aliphatic carbocycles. The van der Waals surface area contributed by atoms with E-state index in [4.69, 9.17) is 4.74 Å². The van der Waals surface area contributed by atoms with Crippen molar-refractivity contribution in [3.8, 4) is 11.8 Å². The van der Waals surface area contributed by atoms with Crippen molar-refractivity contribution in [1.82, 2.24) is 5.32 Å². The van der Waals surface area contributed by atoms with Crippen molar-refractivity contribution in [3.63, 3.8) is 0 Å². The van der Waals surface area contributed by atoms with E-state index in [-0.39, 0.29) is 24.5 Å². The lowest BCUT2D eigenvalue weighted by atomic mass is 9.78. The third kappa shape index (κ3) is 8.32. The number of halogens is 5. The Labute approximate surface area is 244 Å². The van der Waals surface area contributed by atoms with E-state index in [0.29, 0.717) is 25.0 Å². The van der Waals surface area contributed by atoms with Gasteiger partial charge in [-0.2, -0.15) is 18.4 Å². The summed E-state index contributed by atoms with van der Waals surface area (Å²) in [6, 6.07) is 15.3. The van der Waals surface area contributed by atoms with E-state index in [1.54, 1.807) is 52.1 Å². The van der Waals surface area contributed by atoms with Crippen LogP contribution < -0.4 is 10.1 Å². The van der Waals surface area contributed by atoms with E-state index < -0.39 is 18.1 Å². The third-order valence-electron chi connectivity index (χ3n) is 6.13. The monoisotopic (exact) mass is 740 g/mol. The number of alkyl halides is 3. The van der Waals surface area contributed by atoms with Gasteiger partial charge in [-0.1, -0.05) is 49.7 Å². The van der Waals surface area contributed by atoms with Gasteiger partial charge in [0.15, 0.2) is 0 Å². The van der Waals surface area contributed by atoms with Crippen LogP contribution in [0, 0.1) is 18.3 Å². The number of carbonyl (C=O) groups is 1. The number of nitrogens with one attached hydrogen (secondary N) is 1. The summed E-state index contributed by atoms with van der Waals surface area (Å²) in [6.07, 6.45) is -3.26. The van der Waals surface area contributed by atoms with Crippen LogP contribution in [-0.2, 0) is 18.2 Å². The lowest BCUT2D eigenvalue weighted by molar-refractivity contribution is -0.136. The second-order valence-corrected chi connectivity index (χ2v) is 11.1. The molecule has 37 heavy (non-hydrogen) atoms. The number of nitrogens with zero attached hydrogens (tertiary/aromatic N) is 1. The van der Waals surface area contributed by atoms with E-state index in [1.807, 2.05) is 57.2 Å². The summed E-state index contributed by atoms with van der Waals surface area (Å²) in [5.74, 6) is 0.146. The maximum atomic E-state index is 12.9. The van der Waals surface area contributed by atoms with E-state index in [2.05, 4.69) is 12.8 Å². The first-order valence-electron chi connectivity index (χ1n) is 11.9. The molecule has 0 saturated carbocycles. The van der Waals surface area contributed by atoms with Gasteiger partial charge in [0.1, 0.15) is 63.4 Å². The summed E-state index contributed by atoms with van der Waals surface area (Å²) in [5, 5.41) is 12.7. The molecule has 200 valence electrons. The summed E-state index contributed by atoms with van der Waals surface area (Å²) in [7, 11) is 0. The molecular formula is C27H29F3I2N2O3. The van der Waals surface area contributed by atoms with Crippen molar-refractivity contribution < 1.29 is 24.1 Å². The molecular weight excluding hydrogens is 711 g/mol. The maximum absolute atomic E-state index is 12.9. The van der Waals surface area contributed by atoms with E-state index >= 15 is 0 Å². The first-order valence-corrected chi connectivity index (χ1v) is 13.6. The summed E-state index contributed by atoms with van der Waals surface area (Å²) >= 11 is 3.55. The SMILES string of the molecule is CC.Cc1cccc(C2=C(C#N)C(=O)NC3(CCc4cc(OCCCC(F)(F)F)ccc43)C2)c1.IOI. The minimum absolute atomic E-state index is 0.00799. The van der Waals surface area contributed by atoms with Crippen molar-refractivity contribution in [2.45, 2.75) is 64.6 Å². The Bertz CT molecular complexity index is 1160. The first-order chi connectivity index (χ1) is 17.6. The zero-order valence-electron chi connectivity index (χ0n) is 20.8. The van der Waals surface area contributed by atoms with Crippen molar-refractivity contribution in [2.75, 3.05) is 6.61 Å². The van der Waals surface area contributed by atoms with Crippen LogP contribution in [0.4, 0.5) is 13.2 Å². The number of fused-ring (bicyclic) bond motifs is 2. The molecule has 1 unspecified atom stereocenters. The molecule has 2 aromatic carbocycles. The van der Waals surface area contributed by atoms with Crippen molar-refractivity contribution in [1.29, 1.82) is 5.26 Å². The van der Waals surface area contributed by atoms with E-state index in [9.17, 15) is 23.2 Å². The van der Waals surface area contributed by atoms with Crippen LogP contribution in [0.2, 0.25) is 0 Å². The van der Waals surface area contributed by atoms with Gasteiger partial charge in [0.05, 0.1) is 12.1 Å². The summed E-state index contributed by atoms with van der Waals surface area (Å²) < 4.78 is 46.6. The number of ether oxygens (including phenoxy) is 1. The molecule has 1 N–H and O–H groups in total. The molecule has 0 aromatic heterocycles. The second kappa shape index (κ2) is 14.3. The Hall–Kier alpha value is -1.85. The number of rotatable bonds is 5. The zero-order valence-corrected chi connectivity index (χ0v) is 25.2. The molecule has 0 bridgehead atoms. The molecule has 1 aliphatic heterocycles. The van der Waals surface area contributed by atoms with Crippen LogP contribution in [0.25, 0.3) is 5.57 Å². The van der Waals surface area contributed by atoms with Crippen molar-refractivity contribution in [2.24, 2.45) is 0 Å². The third-order valence-corrected chi connectivity index (χ3v) is 6.13. The number of carbonyl (C=O) groups excluding carboxylic acids is 1. The fraction of sp³-hybridized carbons (Fsp3) is 0.407. The number of aryl methyl sites for hydroxylation is 2. The lowest BCUT2D eigenvalue weighted by Gasteiger charge is -2.37. The van der Waals surface area contributed by atoms with Crippen LogP contribution >= 0.6 is 46.0 Å². The fourth-order valence-electron chi connectivity index (χ4n) is 4.64. The maximum Gasteiger partial charge on any atom is 0.389 e. The fourth-order valence-corrected chi connectivity index (χ4v) is 4.64. The largest absolute Gasteiger partial charge is 0.494 e. The van der Waals surface area contributed by atoms with Gasteiger partial charge in [0.2, 0.25) is 0 Å². The number of nitriles is 1. The summed E-state index contributed by atoms with van der Waals surface area (Å²) in [4.78, 5) is 12.9. The Morgan fingerprint density at radius 2 is 1.86 bits per heavy atom. The molecule has 4 rings (SSSR count). The van der Waals surface area contributed by atoms with Gasteiger partial charge in [-0.05, 0) is 60.6 Å². The topological polar surface area (TPSA) is 71.4 Å². The van der Waals surface area contributed by atoms with Gasteiger partial charge in [0, 0.05) is 12.8 Å². The smallest absolute Gasteiger partial charge is 0.389 e. The van der Waals surface area contributed by atoms with Crippen molar-refractivity contribution >= 4 is 57.5 Å².